The standard InChI is InChI=1S/C17H26O3/c1-11-8-9-12(2)14(10-11)17(7,19)13(3)15(18)20-16(4,5)6/h8-10,13,19H,1-7H3. The highest BCUT2D eigenvalue weighted by molar-refractivity contribution is 5.74. The van der Waals surface area contributed by atoms with Crippen molar-refractivity contribution in [1.29, 1.82) is 0 Å². The second-order valence-electron chi connectivity index (χ2n) is 6.72. The van der Waals surface area contributed by atoms with E-state index in [2.05, 4.69) is 0 Å². The summed E-state index contributed by atoms with van der Waals surface area (Å²) in [6, 6.07) is 5.88. The summed E-state index contributed by atoms with van der Waals surface area (Å²) in [5, 5.41) is 10.8. The summed E-state index contributed by atoms with van der Waals surface area (Å²) in [7, 11) is 0. The van der Waals surface area contributed by atoms with E-state index in [1.165, 1.54) is 0 Å². The molecule has 3 nitrogen and oxygen atoms in total. The molecule has 0 aliphatic rings. The van der Waals surface area contributed by atoms with Crippen molar-refractivity contribution in [2.24, 2.45) is 5.92 Å². The van der Waals surface area contributed by atoms with Crippen LogP contribution >= 0.6 is 0 Å². The molecule has 1 aromatic carbocycles. The van der Waals surface area contributed by atoms with Gasteiger partial charge in [-0.3, -0.25) is 4.79 Å². The van der Waals surface area contributed by atoms with Crippen molar-refractivity contribution in [3.05, 3.63) is 34.9 Å². The van der Waals surface area contributed by atoms with E-state index in [4.69, 9.17) is 4.74 Å². The Labute approximate surface area is 122 Å². The molecule has 0 aromatic heterocycles. The molecule has 0 saturated heterocycles. The van der Waals surface area contributed by atoms with Crippen LogP contribution in [0.25, 0.3) is 0 Å². The number of ether oxygens (including phenoxy) is 1. The zero-order valence-corrected chi connectivity index (χ0v) is 13.6. The molecule has 0 spiro atoms. The van der Waals surface area contributed by atoms with E-state index in [0.29, 0.717) is 0 Å². The number of esters is 1. The maximum Gasteiger partial charge on any atom is 0.312 e. The molecule has 0 amide bonds. The highest BCUT2D eigenvalue weighted by Gasteiger charge is 2.38. The molecule has 1 rings (SSSR count). The molecule has 3 heteroatoms. The number of rotatable bonds is 3. The van der Waals surface area contributed by atoms with Crippen LogP contribution in [-0.2, 0) is 15.1 Å². The monoisotopic (exact) mass is 278 g/mol. The molecule has 0 aliphatic heterocycles. The minimum atomic E-state index is -1.25. The third-order valence-electron chi connectivity index (χ3n) is 3.54. The molecule has 20 heavy (non-hydrogen) atoms. The smallest absolute Gasteiger partial charge is 0.312 e. The molecule has 2 unspecified atom stereocenters. The minimum absolute atomic E-state index is 0.386. The molecule has 0 radical (unpaired) electrons. The van der Waals surface area contributed by atoms with Gasteiger partial charge in [-0.05, 0) is 59.6 Å². The van der Waals surface area contributed by atoms with Crippen LogP contribution in [0.2, 0.25) is 0 Å². The molecular weight excluding hydrogens is 252 g/mol. The highest BCUT2D eigenvalue weighted by Crippen LogP contribution is 2.33. The Balaban J connectivity index is 3.09. The molecule has 1 N–H and O–H groups in total. The Morgan fingerprint density at radius 1 is 1.20 bits per heavy atom. The Morgan fingerprint density at radius 2 is 1.75 bits per heavy atom. The van der Waals surface area contributed by atoms with Gasteiger partial charge in [0.05, 0.1) is 5.92 Å². The molecule has 2 atom stereocenters. The van der Waals surface area contributed by atoms with Crippen molar-refractivity contribution < 1.29 is 14.6 Å². The van der Waals surface area contributed by atoms with Crippen LogP contribution < -0.4 is 0 Å². The van der Waals surface area contributed by atoms with Gasteiger partial charge in [-0.25, -0.2) is 0 Å². The van der Waals surface area contributed by atoms with E-state index in [1.54, 1.807) is 13.8 Å². The largest absolute Gasteiger partial charge is 0.460 e. The number of hydrogen-bond donors (Lipinski definition) is 1. The first kappa shape index (κ1) is 16.7. The number of aliphatic hydroxyl groups is 1. The molecule has 0 saturated carbocycles. The average molecular weight is 278 g/mol. The van der Waals surface area contributed by atoms with Crippen LogP contribution in [0.15, 0.2) is 18.2 Å². The van der Waals surface area contributed by atoms with Crippen LogP contribution in [0.5, 0.6) is 0 Å². The normalized spacial score (nSPS) is 16.4. The van der Waals surface area contributed by atoms with Crippen molar-refractivity contribution in [1.82, 2.24) is 0 Å². The van der Waals surface area contributed by atoms with Crippen LogP contribution in [0.1, 0.15) is 51.3 Å². The van der Waals surface area contributed by atoms with Crippen molar-refractivity contribution in [3.63, 3.8) is 0 Å². The summed E-state index contributed by atoms with van der Waals surface area (Å²) < 4.78 is 5.38. The molecule has 0 aliphatic carbocycles. The third kappa shape index (κ3) is 3.83. The fraction of sp³-hybridized carbons (Fsp3) is 0.588. The summed E-state index contributed by atoms with van der Waals surface area (Å²) in [6.07, 6.45) is 0. The highest BCUT2D eigenvalue weighted by atomic mass is 16.6. The van der Waals surface area contributed by atoms with E-state index < -0.39 is 17.1 Å². The lowest BCUT2D eigenvalue weighted by atomic mass is 9.81. The first-order valence-electron chi connectivity index (χ1n) is 6.98. The fourth-order valence-electron chi connectivity index (χ4n) is 2.13. The van der Waals surface area contributed by atoms with E-state index in [0.717, 1.165) is 16.7 Å². The van der Waals surface area contributed by atoms with E-state index >= 15 is 0 Å². The van der Waals surface area contributed by atoms with Gasteiger partial charge in [0.15, 0.2) is 0 Å². The van der Waals surface area contributed by atoms with Gasteiger partial charge in [-0.2, -0.15) is 0 Å². The molecule has 1 aromatic rings. The Hall–Kier alpha value is -1.35. The first-order valence-corrected chi connectivity index (χ1v) is 6.98. The second-order valence-corrected chi connectivity index (χ2v) is 6.72. The topological polar surface area (TPSA) is 46.5 Å². The SMILES string of the molecule is Cc1ccc(C)c(C(C)(O)C(C)C(=O)OC(C)(C)C)c1. The van der Waals surface area contributed by atoms with Gasteiger partial charge < -0.3 is 9.84 Å². The summed E-state index contributed by atoms with van der Waals surface area (Å²) >= 11 is 0. The zero-order chi connectivity index (χ0) is 15.7. The van der Waals surface area contributed by atoms with Gasteiger partial charge in [0.25, 0.3) is 0 Å². The van der Waals surface area contributed by atoms with Gasteiger partial charge in [0.1, 0.15) is 11.2 Å². The van der Waals surface area contributed by atoms with Crippen molar-refractivity contribution in [2.45, 2.75) is 59.7 Å². The van der Waals surface area contributed by atoms with Crippen LogP contribution in [0.4, 0.5) is 0 Å². The Kier molecular flexibility index (Phi) is 4.65. The third-order valence-corrected chi connectivity index (χ3v) is 3.54. The predicted octanol–water partition coefficient (Wildman–Crippen LogP) is 3.49. The zero-order valence-electron chi connectivity index (χ0n) is 13.6. The van der Waals surface area contributed by atoms with E-state index in [1.807, 2.05) is 52.8 Å². The Bertz CT molecular complexity index is 495. The van der Waals surface area contributed by atoms with Crippen molar-refractivity contribution >= 4 is 5.97 Å². The van der Waals surface area contributed by atoms with Gasteiger partial charge in [-0.1, -0.05) is 23.8 Å². The van der Waals surface area contributed by atoms with E-state index in [-0.39, 0.29) is 5.97 Å². The predicted molar refractivity (Wildman–Crippen MR) is 80.5 cm³/mol. The minimum Gasteiger partial charge on any atom is -0.460 e. The number of hydrogen-bond acceptors (Lipinski definition) is 3. The lowest BCUT2D eigenvalue weighted by Gasteiger charge is -2.33. The molecular formula is C17H26O3. The van der Waals surface area contributed by atoms with Crippen LogP contribution in [-0.4, -0.2) is 16.7 Å². The average Bonchev–Trinajstić information content (AvgIpc) is 2.28. The van der Waals surface area contributed by atoms with Crippen molar-refractivity contribution in [3.8, 4) is 0 Å². The molecule has 0 fully saturated rings. The van der Waals surface area contributed by atoms with Gasteiger partial charge in [0.2, 0.25) is 0 Å². The summed E-state index contributed by atoms with van der Waals surface area (Å²) in [6.45, 7) is 12.8. The number of carbonyl (C=O) groups is 1. The lowest BCUT2D eigenvalue weighted by Crippen LogP contribution is -2.39. The van der Waals surface area contributed by atoms with E-state index in [9.17, 15) is 9.90 Å². The van der Waals surface area contributed by atoms with Crippen LogP contribution in [0, 0.1) is 19.8 Å². The summed E-state index contributed by atoms with van der Waals surface area (Å²) in [5.41, 5.74) is 0.996. The maximum absolute atomic E-state index is 12.2. The van der Waals surface area contributed by atoms with Gasteiger partial charge >= 0.3 is 5.97 Å². The molecule has 0 heterocycles. The fourth-order valence-corrected chi connectivity index (χ4v) is 2.13. The number of aryl methyl sites for hydroxylation is 2. The number of carbonyl (C=O) groups excluding carboxylic acids is 1. The second kappa shape index (κ2) is 5.57. The van der Waals surface area contributed by atoms with Gasteiger partial charge in [-0.15, -0.1) is 0 Å². The first-order chi connectivity index (χ1) is 8.95. The van der Waals surface area contributed by atoms with Crippen LogP contribution in [0.3, 0.4) is 0 Å². The maximum atomic E-state index is 12.2. The summed E-state index contributed by atoms with van der Waals surface area (Å²) in [5.74, 6) is -1.02. The Morgan fingerprint density at radius 3 is 2.25 bits per heavy atom. The quantitative estimate of drug-likeness (QED) is 0.861. The van der Waals surface area contributed by atoms with Crippen molar-refractivity contribution in [2.75, 3.05) is 0 Å². The number of benzene rings is 1. The lowest BCUT2D eigenvalue weighted by molar-refractivity contribution is -0.168. The molecule has 0 bridgehead atoms. The molecule has 112 valence electrons. The van der Waals surface area contributed by atoms with Gasteiger partial charge in [0, 0.05) is 0 Å². The summed E-state index contributed by atoms with van der Waals surface area (Å²) in [4.78, 5) is 12.2.